The van der Waals surface area contributed by atoms with Crippen LogP contribution < -0.4 is 0 Å². The molecule has 0 bridgehead atoms. The quantitative estimate of drug-likeness (QED) is 0.571. The van der Waals surface area contributed by atoms with Crippen LogP contribution in [-0.2, 0) is 39.6 Å². The van der Waals surface area contributed by atoms with Crippen LogP contribution in [0.3, 0.4) is 0 Å². The van der Waals surface area contributed by atoms with E-state index in [-0.39, 0.29) is 47.0 Å². The van der Waals surface area contributed by atoms with Gasteiger partial charge in [-0.25, -0.2) is 0 Å². The second kappa shape index (κ2) is 17.6. The topological polar surface area (TPSA) is 14.1 Å². The Morgan fingerprint density at radius 3 is 1.80 bits per heavy atom. The summed E-state index contributed by atoms with van der Waals surface area (Å²) in [4.78, 5) is 0. The second-order valence-corrected chi connectivity index (χ2v) is 3.43. The summed E-state index contributed by atoms with van der Waals surface area (Å²) in [7, 11) is 1.92. The van der Waals surface area contributed by atoms with Crippen molar-refractivity contribution in [3.05, 3.63) is 26.6 Å². The molecule has 15 heavy (non-hydrogen) atoms. The predicted octanol–water partition coefficient (Wildman–Crippen LogP) is 4.06. The number of hydrogen-bond donors (Lipinski definition) is 0. The van der Waals surface area contributed by atoms with Crippen LogP contribution in [0.5, 0.6) is 0 Å². The van der Waals surface area contributed by atoms with Gasteiger partial charge in [0.05, 0.1) is 0 Å². The van der Waals surface area contributed by atoms with Gasteiger partial charge in [0.15, 0.2) is 0 Å². The third-order valence-electron chi connectivity index (χ3n) is 2.18. The van der Waals surface area contributed by atoms with E-state index < -0.39 is 0 Å². The molecule has 0 aliphatic heterocycles. The van der Waals surface area contributed by atoms with Crippen LogP contribution in [0.15, 0.2) is 0 Å². The van der Waals surface area contributed by atoms with Crippen molar-refractivity contribution in [3.63, 3.8) is 0 Å². The molecule has 1 radical (unpaired) electrons. The molecule has 0 unspecified atom stereocenters. The van der Waals surface area contributed by atoms with Crippen LogP contribution in [-0.4, -0.2) is 13.1 Å². The van der Waals surface area contributed by atoms with E-state index in [4.69, 9.17) is 0 Å². The largest absolute Gasteiger partial charge is 2.00 e. The first kappa shape index (κ1) is 25.2. The third kappa shape index (κ3) is 15.2. The number of hydrogen-bond acceptors (Lipinski definition) is 0. The summed E-state index contributed by atoms with van der Waals surface area (Å²) >= 11 is 0. The molecule has 0 N–H and O–H groups in total. The summed E-state index contributed by atoms with van der Waals surface area (Å²) < 4.78 is 0. The molecule has 0 aromatic rings. The van der Waals surface area contributed by atoms with Gasteiger partial charge in [-0.1, -0.05) is 32.6 Å². The van der Waals surface area contributed by atoms with Crippen molar-refractivity contribution in [2.24, 2.45) is 5.92 Å². The van der Waals surface area contributed by atoms with Crippen molar-refractivity contribution in [2.45, 2.75) is 45.1 Å². The van der Waals surface area contributed by atoms with Gasteiger partial charge in [0.2, 0.25) is 0 Å². The van der Waals surface area contributed by atoms with Crippen LogP contribution in [0.2, 0.25) is 0 Å². The van der Waals surface area contributed by atoms with E-state index in [0.29, 0.717) is 12.0 Å². The fraction of sp³-hybridized carbons (Fsp3) is 0.750. The minimum atomic E-state index is 0. The summed E-state index contributed by atoms with van der Waals surface area (Å²) in [5.74, 6) is 0.711. The minimum Gasteiger partial charge on any atom is -0.662 e. The van der Waals surface area contributed by atoms with Crippen molar-refractivity contribution in [2.75, 3.05) is 7.05 Å². The average molecular weight is 418 g/mol. The normalized spacial score (nSPS) is 23.2. The van der Waals surface area contributed by atoms with Gasteiger partial charge >= 0.3 is 39.6 Å². The fourth-order valence-corrected chi connectivity index (χ4v) is 1.40. The van der Waals surface area contributed by atoms with Gasteiger partial charge < -0.3 is 26.6 Å². The van der Waals surface area contributed by atoms with Gasteiger partial charge in [0, 0.05) is 0 Å². The predicted molar refractivity (Wildman–Crippen MR) is 62.4 cm³/mol. The molecular formula is C12H25NVW. The Hall–Kier alpha value is 1.23. The summed E-state index contributed by atoms with van der Waals surface area (Å²) in [5.41, 5.74) is 0. The van der Waals surface area contributed by atoms with Crippen molar-refractivity contribution < 1.29 is 39.6 Å². The van der Waals surface area contributed by atoms with E-state index in [1.807, 2.05) is 14.0 Å². The Balaban J connectivity index is -0.0000000917. The van der Waals surface area contributed by atoms with Crippen molar-refractivity contribution in [3.8, 4) is 0 Å². The molecule has 0 amide bonds. The Morgan fingerprint density at radius 2 is 1.53 bits per heavy atom. The van der Waals surface area contributed by atoms with Crippen LogP contribution in [0.4, 0.5) is 0 Å². The smallest absolute Gasteiger partial charge is 0.662 e. The molecule has 0 aromatic heterocycles. The molecule has 1 rings (SSSR count). The zero-order valence-electron chi connectivity index (χ0n) is 10.4. The number of nitrogens with zero attached hydrogens (tertiary/aromatic N) is 1. The molecule has 1 aliphatic rings. The molecule has 0 saturated heterocycles. The van der Waals surface area contributed by atoms with E-state index in [0.717, 1.165) is 6.42 Å². The fourth-order valence-electron chi connectivity index (χ4n) is 1.40. The SMILES string of the molecule is [CH2-]C1CCC([N-]C)CC1.[CH2-]CC.[CH3-].[V+2].[W+2]. The molecule has 1 aliphatic carbocycles. The molecule has 1 fully saturated rings. The Kier molecular flexibility index (Phi) is 29.6. The molecule has 0 heterocycles. The molecular weight excluding hydrogens is 393 g/mol. The van der Waals surface area contributed by atoms with Crippen molar-refractivity contribution >= 4 is 0 Å². The standard InChI is InChI=1S/C8H15N.C3H7.CH3.V.W/c1-7-3-5-8(9-2)6-4-7;1-3-2;;;/h7-8H,1,3-6H2,2H3;1,3H2,2H3;1H3;;/q-2;2*-1;2*+2. The Labute approximate surface area is 124 Å². The maximum absolute atomic E-state index is 4.25. The third-order valence-corrected chi connectivity index (χ3v) is 2.18. The van der Waals surface area contributed by atoms with E-state index in [1.54, 1.807) is 0 Å². The van der Waals surface area contributed by atoms with Gasteiger partial charge in [-0.3, -0.25) is 0 Å². The van der Waals surface area contributed by atoms with Crippen LogP contribution in [0.1, 0.15) is 39.0 Å². The van der Waals surface area contributed by atoms with Crippen LogP contribution >= 0.6 is 0 Å². The maximum atomic E-state index is 4.25. The molecule has 0 atom stereocenters. The van der Waals surface area contributed by atoms with E-state index in [9.17, 15) is 0 Å². The summed E-state index contributed by atoms with van der Waals surface area (Å²) in [6.45, 7) is 9.52. The van der Waals surface area contributed by atoms with Gasteiger partial charge in [-0.2, -0.15) is 19.4 Å². The molecule has 1 saturated carbocycles. The van der Waals surface area contributed by atoms with Gasteiger partial charge in [-0.05, 0) is 0 Å². The van der Waals surface area contributed by atoms with E-state index in [1.165, 1.54) is 25.7 Å². The van der Waals surface area contributed by atoms with Gasteiger partial charge in [-0.15, -0.1) is 6.04 Å². The Bertz CT molecular complexity index is 93.6. The van der Waals surface area contributed by atoms with Crippen LogP contribution in [0, 0.1) is 27.2 Å². The first-order chi connectivity index (χ1) is 5.74. The molecule has 89 valence electrons. The molecule has 1 nitrogen and oxygen atoms in total. The average Bonchev–Trinajstić information content (AvgIpc) is 2.07. The van der Waals surface area contributed by atoms with E-state index >= 15 is 0 Å². The summed E-state index contributed by atoms with van der Waals surface area (Å²) in [6, 6.07) is 0.656. The summed E-state index contributed by atoms with van der Waals surface area (Å²) in [6.07, 6.45) is 6.10. The first-order valence-corrected chi connectivity index (χ1v) is 4.95. The van der Waals surface area contributed by atoms with Gasteiger partial charge in [0.1, 0.15) is 0 Å². The Morgan fingerprint density at radius 1 is 1.20 bits per heavy atom. The summed E-state index contributed by atoms with van der Waals surface area (Å²) in [5, 5.41) is 4.25. The number of rotatable bonds is 1. The maximum Gasteiger partial charge on any atom is 2.00 e. The molecule has 0 spiro atoms. The van der Waals surface area contributed by atoms with Crippen molar-refractivity contribution in [1.82, 2.24) is 0 Å². The zero-order chi connectivity index (χ0) is 9.40. The molecule has 3 heteroatoms. The minimum absolute atomic E-state index is 0. The van der Waals surface area contributed by atoms with Gasteiger partial charge in [0.25, 0.3) is 0 Å². The second-order valence-electron chi connectivity index (χ2n) is 3.43. The van der Waals surface area contributed by atoms with Crippen LogP contribution in [0.25, 0.3) is 5.32 Å². The van der Waals surface area contributed by atoms with Crippen molar-refractivity contribution in [1.29, 1.82) is 0 Å². The molecule has 0 aromatic carbocycles. The monoisotopic (exact) mass is 418 g/mol. The first-order valence-electron chi connectivity index (χ1n) is 4.95. The van der Waals surface area contributed by atoms with E-state index in [2.05, 4.69) is 19.2 Å². The zero-order valence-corrected chi connectivity index (χ0v) is 14.7.